The van der Waals surface area contributed by atoms with Crippen LogP contribution in [0.4, 0.5) is 0 Å². The lowest BCUT2D eigenvalue weighted by molar-refractivity contribution is -0.121. The van der Waals surface area contributed by atoms with Crippen molar-refractivity contribution in [2.24, 2.45) is 0 Å². The molecule has 0 fully saturated rings. The van der Waals surface area contributed by atoms with Crippen molar-refractivity contribution < 1.29 is 13.2 Å². The van der Waals surface area contributed by atoms with Crippen LogP contribution in [-0.2, 0) is 21.4 Å². The molecule has 144 valence electrons. The molecule has 1 N–H and O–H groups in total. The molecule has 0 bridgehead atoms. The predicted octanol–water partition coefficient (Wildman–Crippen LogP) is 3.15. The van der Waals surface area contributed by atoms with E-state index in [-0.39, 0.29) is 18.9 Å². The summed E-state index contributed by atoms with van der Waals surface area (Å²) in [6, 6.07) is 7.76. The fourth-order valence-corrected chi connectivity index (χ4v) is 3.99. The Morgan fingerprint density at radius 3 is 2.73 bits per heavy atom. The van der Waals surface area contributed by atoms with E-state index >= 15 is 0 Å². The highest BCUT2D eigenvalue weighted by atomic mass is 32.2. The maximum atomic E-state index is 12.1. The van der Waals surface area contributed by atoms with Crippen LogP contribution in [-0.4, -0.2) is 38.0 Å². The first kappa shape index (κ1) is 20.6. The maximum absolute atomic E-state index is 12.1. The summed E-state index contributed by atoms with van der Waals surface area (Å²) in [5.74, 6) is -0.0979. The van der Waals surface area contributed by atoms with E-state index in [1.54, 1.807) is 0 Å². The highest BCUT2D eigenvalue weighted by Gasteiger charge is 2.18. The van der Waals surface area contributed by atoms with Crippen molar-refractivity contribution in [3.05, 3.63) is 47.0 Å². The number of nitrogens with one attached hydrogen (secondary N) is 1. The van der Waals surface area contributed by atoms with Crippen molar-refractivity contribution >= 4 is 15.9 Å². The van der Waals surface area contributed by atoms with Crippen LogP contribution in [0, 0.1) is 6.92 Å². The molecule has 0 atom stereocenters. The van der Waals surface area contributed by atoms with Gasteiger partial charge in [0, 0.05) is 26.1 Å². The van der Waals surface area contributed by atoms with E-state index < -0.39 is 10.0 Å². The van der Waals surface area contributed by atoms with Crippen LogP contribution < -0.4 is 5.32 Å². The van der Waals surface area contributed by atoms with E-state index in [2.05, 4.69) is 11.4 Å². The lowest BCUT2D eigenvalue weighted by atomic mass is 9.97. The van der Waals surface area contributed by atoms with Crippen molar-refractivity contribution in [1.29, 1.82) is 0 Å². The first-order chi connectivity index (χ1) is 12.3. The van der Waals surface area contributed by atoms with Gasteiger partial charge in [-0.1, -0.05) is 41.5 Å². The van der Waals surface area contributed by atoms with Gasteiger partial charge in [-0.05, 0) is 44.6 Å². The lowest BCUT2D eigenvalue weighted by Gasteiger charge is -2.20. The van der Waals surface area contributed by atoms with Crippen molar-refractivity contribution in [1.82, 2.24) is 9.62 Å². The molecule has 0 saturated heterocycles. The summed E-state index contributed by atoms with van der Waals surface area (Å²) in [5.41, 5.74) is 3.44. The van der Waals surface area contributed by atoms with E-state index in [0.29, 0.717) is 13.1 Å². The number of nitrogens with zero attached hydrogens (tertiary/aromatic N) is 1. The highest BCUT2D eigenvalue weighted by molar-refractivity contribution is 7.88. The topological polar surface area (TPSA) is 66.5 Å². The molecule has 1 aromatic rings. The van der Waals surface area contributed by atoms with E-state index in [1.807, 2.05) is 31.2 Å². The molecule has 2 rings (SSSR count). The molecule has 0 unspecified atom stereocenters. The van der Waals surface area contributed by atoms with E-state index in [9.17, 15) is 13.2 Å². The third-order valence-corrected chi connectivity index (χ3v) is 5.90. The Bertz CT molecular complexity index is 741. The number of amides is 1. The molecule has 26 heavy (non-hydrogen) atoms. The lowest BCUT2D eigenvalue weighted by Crippen LogP contribution is -2.34. The second-order valence-electron chi connectivity index (χ2n) is 7.04. The minimum atomic E-state index is -3.37. The van der Waals surface area contributed by atoms with E-state index in [1.165, 1.54) is 29.0 Å². The first-order valence-corrected chi connectivity index (χ1v) is 11.1. The third kappa shape index (κ3) is 7.30. The van der Waals surface area contributed by atoms with Gasteiger partial charge in [-0.3, -0.25) is 4.79 Å². The summed E-state index contributed by atoms with van der Waals surface area (Å²) in [4.78, 5) is 12.1. The number of carbonyl (C=O) groups is 1. The number of allylic oxidation sites excluding steroid dienone is 1. The van der Waals surface area contributed by atoms with Crippen LogP contribution in [0.1, 0.15) is 49.7 Å². The number of rotatable bonds is 9. The van der Waals surface area contributed by atoms with Gasteiger partial charge in [-0.25, -0.2) is 8.42 Å². The molecule has 5 nitrogen and oxygen atoms in total. The van der Waals surface area contributed by atoms with Crippen molar-refractivity contribution in [3.8, 4) is 0 Å². The Morgan fingerprint density at radius 1 is 1.27 bits per heavy atom. The maximum Gasteiger partial charge on any atom is 0.221 e. The molecule has 1 aliphatic rings. The van der Waals surface area contributed by atoms with Crippen LogP contribution in [0.15, 0.2) is 35.9 Å². The van der Waals surface area contributed by atoms with E-state index in [4.69, 9.17) is 0 Å². The molecule has 0 spiro atoms. The van der Waals surface area contributed by atoms with Gasteiger partial charge in [0.25, 0.3) is 0 Å². The van der Waals surface area contributed by atoms with Gasteiger partial charge in [0.2, 0.25) is 15.9 Å². The van der Waals surface area contributed by atoms with Gasteiger partial charge >= 0.3 is 0 Å². The zero-order valence-corrected chi connectivity index (χ0v) is 16.6. The van der Waals surface area contributed by atoms with Gasteiger partial charge in [0.15, 0.2) is 0 Å². The molecule has 1 amide bonds. The summed E-state index contributed by atoms with van der Waals surface area (Å²) < 4.78 is 25.4. The Kier molecular flexibility index (Phi) is 7.85. The Morgan fingerprint density at radius 2 is 2.08 bits per heavy atom. The summed E-state index contributed by atoms with van der Waals surface area (Å²) >= 11 is 0. The summed E-state index contributed by atoms with van der Waals surface area (Å²) in [6.07, 6.45) is 9.32. The van der Waals surface area contributed by atoms with Gasteiger partial charge in [-0.2, -0.15) is 4.31 Å². The third-order valence-electron chi connectivity index (χ3n) is 4.65. The molecule has 0 radical (unpaired) electrons. The molecule has 0 aliphatic heterocycles. The van der Waals surface area contributed by atoms with Crippen molar-refractivity contribution in [3.63, 3.8) is 0 Å². The molecule has 0 heterocycles. The fraction of sp³-hybridized carbons (Fsp3) is 0.550. The molecule has 1 aromatic carbocycles. The fourth-order valence-electron chi connectivity index (χ4n) is 3.19. The normalized spacial score (nSPS) is 15.0. The minimum absolute atomic E-state index is 0.0979. The van der Waals surface area contributed by atoms with Gasteiger partial charge in [0.05, 0.1) is 6.26 Å². The number of hydrogen-bond acceptors (Lipinski definition) is 3. The Balaban J connectivity index is 1.80. The van der Waals surface area contributed by atoms with Gasteiger partial charge in [-0.15, -0.1) is 0 Å². The largest absolute Gasteiger partial charge is 0.356 e. The summed E-state index contributed by atoms with van der Waals surface area (Å²) in [6.45, 7) is 3.09. The average molecular weight is 379 g/mol. The number of benzene rings is 1. The SMILES string of the molecule is Cc1cccc(CN(CCC(=O)NCCC2=CCCCC2)S(C)(=O)=O)c1. The zero-order valence-electron chi connectivity index (χ0n) is 15.8. The number of carbonyl (C=O) groups excluding carboxylic acids is 1. The number of hydrogen-bond donors (Lipinski definition) is 1. The number of sulfonamides is 1. The van der Waals surface area contributed by atoms with Gasteiger partial charge in [0.1, 0.15) is 0 Å². The first-order valence-electron chi connectivity index (χ1n) is 9.30. The molecular formula is C20H30N2O3S. The van der Waals surface area contributed by atoms with Crippen LogP contribution >= 0.6 is 0 Å². The minimum Gasteiger partial charge on any atom is -0.356 e. The molecule has 0 aromatic heterocycles. The van der Waals surface area contributed by atoms with Crippen LogP contribution in [0.3, 0.4) is 0 Å². The average Bonchev–Trinajstić information content (AvgIpc) is 2.58. The van der Waals surface area contributed by atoms with Crippen molar-refractivity contribution in [2.45, 2.75) is 52.0 Å². The van der Waals surface area contributed by atoms with E-state index in [0.717, 1.165) is 30.4 Å². The quantitative estimate of drug-likeness (QED) is 0.671. The molecule has 0 saturated carbocycles. The molecular weight excluding hydrogens is 348 g/mol. The van der Waals surface area contributed by atoms with Crippen molar-refractivity contribution in [2.75, 3.05) is 19.3 Å². The monoisotopic (exact) mass is 378 g/mol. The second-order valence-corrected chi connectivity index (χ2v) is 9.03. The standard InChI is InChI=1S/C20H30N2O3S/c1-17-7-6-10-19(15-17)16-22(26(2,24)25)14-12-20(23)21-13-11-18-8-4-3-5-9-18/h6-8,10,15H,3-5,9,11-14,16H2,1-2H3,(H,21,23). The predicted molar refractivity (Wildman–Crippen MR) is 105 cm³/mol. The highest BCUT2D eigenvalue weighted by Crippen LogP contribution is 2.19. The number of aryl methyl sites for hydroxylation is 1. The smallest absolute Gasteiger partial charge is 0.221 e. The van der Waals surface area contributed by atoms with Gasteiger partial charge < -0.3 is 5.32 Å². The Labute approximate surface area is 157 Å². The van der Waals surface area contributed by atoms with Crippen LogP contribution in [0.5, 0.6) is 0 Å². The Hall–Kier alpha value is -1.66. The second kappa shape index (κ2) is 9.88. The zero-order chi connectivity index (χ0) is 19.0. The molecule has 1 aliphatic carbocycles. The van der Waals surface area contributed by atoms with Crippen LogP contribution in [0.2, 0.25) is 0 Å². The molecule has 6 heteroatoms. The summed E-state index contributed by atoms with van der Waals surface area (Å²) in [7, 11) is -3.37. The summed E-state index contributed by atoms with van der Waals surface area (Å²) in [5, 5.41) is 2.91. The van der Waals surface area contributed by atoms with Crippen LogP contribution in [0.25, 0.3) is 0 Å².